The Balaban J connectivity index is 0. The van der Waals surface area contributed by atoms with Crippen LogP contribution in [0.4, 0.5) is 0 Å². The van der Waals surface area contributed by atoms with Crippen molar-refractivity contribution >= 4 is 22.1 Å². The van der Waals surface area contributed by atoms with E-state index in [1.165, 1.54) is 0 Å². The molecule has 28 heavy (non-hydrogen) atoms. The average Bonchev–Trinajstić information content (AvgIpc) is 2.61. The van der Waals surface area contributed by atoms with E-state index < -0.39 is 10.1 Å². The Morgan fingerprint density at radius 1 is 0.857 bits per heavy atom. The molecular weight excluding hydrogens is 388 g/mol. The third-order valence-corrected chi connectivity index (χ3v) is 3.20. The first-order valence-electron chi connectivity index (χ1n) is 8.94. The average molecular weight is 419 g/mol. The van der Waals surface area contributed by atoms with E-state index >= 15 is 0 Å². The van der Waals surface area contributed by atoms with Gasteiger partial charge in [0.2, 0.25) is 0 Å². The molecule has 0 aromatic rings. The van der Waals surface area contributed by atoms with Crippen LogP contribution in [0.15, 0.2) is 0 Å². The van der Waals surface area contributed by atoms with E-state index in [0.717, 1.165) is 6.26 Å². The van der Waals surface area contributed by atoms with E-state index in [9.17, 15) is 18.0 Å². The van der Waals surface area contributed by atoms with Crippen molar-refractivity contribution in [3.63, 3.8) is 0 Å². The van der Waals surface area contributed by atoms with Crippen molar-refractivity contribution < 1.29 is 36.8 Å². The van der Waals surface area contributed by atoms with Crippen molar-refractivity contribution in [3.05, 3.63) is 0 Å². The molecule has 0 unspecified atom stereocenters. The lowest BCUT2D eigenvalue weighted by Gasteiger charge is -1.98. The minimum absolute atomic E-state index is 0.112. The Morgan fingerprint density at radius 2 is 1.32 bits per heavy atom. The van der Waals surface area contributed by atoms with Gasteiger partial charge in [0.25, 0.3) is 10.1 Å². The molecule has 8 nitrogen and oxygen atoms in total. The van der Waals surface area contributed by atoms with Gasteiger partial charge in [-0.15, -0.1) is 11.8 Å². The number of unbranched alkanes of at least 4 members (excludes halogenated alkanes) is 2. The monoisotopic (exact) mass is 418 g/mol. The first-order chi connectivity index (χ1) is 13.3. The summed E-state index contributed by atoms with van der Waals surface area (Å²) in [5, 5.41) is 8.29. The van der Waals surface area contributed by atoms with Crippen LogP contribution in [0.5, 0.6) is 0 Å². The van der Waals surface area contributed by atoms with Crippen molar-refractivity contribution in [3.8, 4) is 23.7 Å². The number of carbonyl (C=O) groups excluding carboxylic acids is 2. The summed E-state index contributed by atoms with van der Waals surface area (Å²) >= 11 is 0. The molecule has 0 heterocycles. The summed E-state index contributed by atoms with van der Waals surface area (Å²) < 4.78 is 34.9. The molecule has 0 rings (SSSR count). The normalized spacial score (nSPS) is 9.57. The summed E-state index contributed by atoms with van der Waals surface area (Å²) in [4.78, 5) is 21.6. The highest BCUT2D eigenvalue weighted by Crippen LogP contribution is 1.97. The molecule has 0 saturated heterocycles. The predicted molar refractivity (Wildman–Crippen MR) is 104 cm³/mol. The van der Waals surface area contributed by atoms with Gasteiger partial charge in [0.1, 0.15) is 13.2 Å². The fourth-order valence-electron chi connectivity index (χ4n) is 1.53. The van der Waals surface area contributed by atoms with E-state index in [-0.39, 0.29) is 25.2 Å². The molecule has 0 fully saturated rings. The number of rotatable bonds is 10. The van der Waals surface area contributed by atoms with Crippen molar-refractivity contribution in [1.29, 1.82) is 0 Å². The van der Waals surface area contributed by atoms with E-state index in [1.807, 2.05) is 0 Å². The number of esters is 2. The zero-order valence-electron chi connectivity index (χ0n) is 16.8. The standard InChI is InChI=1S/C10H16O5S.C9H14O3/c1-3-14-10(11)8-6-4-5-7-9-15-16(2,12)13;1-2-12-9(11)7-5-3-4-6-8-10/h3-4,6,8-9H2,1-2H3;10H,2-3,5,7-8H2,1H3. The molecular formula is C19H30O8S. The maximum absolute atomic E-state index is 10.9. The fraction of sp³-hybridized carbons (Fsp3) is 0.684. The second-order valence-corrected chi connectivity index (χ2v) is 6.79. The van der Waals surface area contributed by atoms with Crippen LogP contribution in [0.25, 0.3) is 0 Å². The van der Waals surface area contributed by atoms with Gasteiger partial charge >= 0.3 is 11.9 Å². The highest BCUT2D eigenvalue weighted by Gasteiger charge is 2.00. The van der Waals surface area contributed by atoms with Crippen LogP contribution in [0.3, 0.4) is 0 Å². The molecule has 0 aliphatic rings. The SMILES string of the molecule is CCOC(=O)CCCC#CCO.CCOC(=O)CCCC#CCOS(C)(=O)=O. The minimum Gasteiger partial charge on any atom is -0.466 e. The minimum atomic E-state index is -3.41. The lowest BCUT2D eigenvalue weighted by atomic mass is 10.2. The summed E-state index contributed by atoms with van der Waals surface area (Å²) in [7, 11) is -3.41. The molecule has 0 aromatic carbocycles. The molecule has 0 atom stereocenters. The van der Waals surface area contributed by atoms with E-state index in [2.05, 4.69) is 27.9 Å². The Kier molecular flexibility index (Phi) is 19.8. The molecule has 0 saturated carbocycles. The van der Waals surface area contributed by atoms with Crippen molar-refractivity contribution in [2.45, 2.75) is 52.4 Å². The zero-order valence-corrected chi connectivity index (χ0v) is 17.6. The molecule has 160 valence electrons. The third-order valence-electron chi connectivity index (χ3n) is 2.65. The van der Waals surface area contributed by atoms with E-state index in [0.29, 0.717) is 51.7 Å². The van der Waals surface area contributed by atoms with Crippen molar-refractivity contribution in [2.24, 2.45) is 0 Å². The quantitative estimate of drug-likeness (QED) is 0.245. The second kappa shape index (κ2) is 19.7. The predicted octanol–water partition coefficient (Wildman–Crippen LogP) is 1.41. The van der Waals surface area contributed by atoms with Crippen molar-refractivity contribution in [1.82, 2.24) is 0 Å². The van der Waals surface area contributed by atoms with Gasteiger partial charge in [-0.1, -0.05) is 11.8 Å². The molecule has 0 bridgehead atoms. The smallest absolute Gasteiger partial charge is 0.305 e. The van der Waals surface area contributed by atoms with Crippen LogP contribution in [0.2, 0.25) is 0 Å². The van der Waals surface area contributed by atoms with Gasteiger partial charge in [-0.2, -0.15) is 8.42 Å². The summed E-state index contributed by atoms with van der Waals surface area (Å²) in [5.41, 5.74) is 0. The van der Waals surface area contributed by atoms with Crippen LogP contribution < -0.4 is 0 Å². The second-order valence-electron chi connectivity index (χ2n) is 5.15. The van der Waals surface area contributed by atoms with Gasteiger partial charge in [0.15, 0.2) is 0 Å². The molecule has 0 radical (unpaired) electrons. The maximum Gasteiger partial charge on any atom is 0.305 e. The van der Waals surface area contributed by atoms with Crippen molar-refractivity contribution in [2.75, 3.05) is 32.7 Å². The molecule has 9 heteroatoms. The third kappa shape index (κ3) is 26.2. The van der Waals surface area contributed by atoms with Gasteiger partial charge in [0.05, 0.1) is 19.5 Å². The summed E-state index contributed by atoms with van der Waals surface area (Å²) in [5.74, 6) is 10.1. The highest BCUT2D eigenvalue weighted by molar-refractivity contribution is 7.86. The largest absolute Gasteiger partial charge is 0.466 e. The highest BCUT2D eigenvalue weighted by atomic mass is 32.2. The molecule has 0 aromatic heterocycles. The summed E-state index contributed by atoms with van der Waals surface area (Å²) in [6.45, 7) is 4.09. The van der Waals surface area contributed by atoms with Crippen LogP contribution >= 0.6 is 0 Å². The van der Waals surface area contributed by atoms with E-state index in [1.54, 1.807) is 13.8 Å². The van der Waals surface area contributed by atoms with Crippen LogP contribution in [0.1, 0.15) is 52.4 Å². The van der Waals surface area contributed by atoms with Crippen LogP contribution in [-0.4, -0.2) is 58.1 Å². The molecule has 0 aliphatic carbocycles. The van der Waals surface area contributed by atoms with Gasteiger partial charge in [-0.3, -0.25) is 13.8 Å². The van der Waals surface area contributed by atoms with Gasteiger partial charge in [-0.25, -0.2) is 0 Å². The number of carbonyl (C=O) groups is 2. The lowest BCUT2D eigenvalue weighted by Crippen LogP contribution is -2.03. The fourth-order valence-corrected chi connectivity index (χ4v) is 1.80. The Bertz CT molecular complexity index is 647. The Hall–Kier alpha value is -2.07. The first kappa shape index (κ1) is 28.1. The first-order valence-corrected chi connectivity index (χ1v) is 10.8. The number of hydrogen-bond acceptors (Lipinski definition) is 8. The lowest BCUT2D eigenvalue weighted by molar-refractivity contribution is -0.144. The van der Waals surface area contributed by atoms with Crippen LogP contribution in [-0.2, 0) is 33.4 Å². The van der Waals surface area contributed by atoms with E-state index in [4.69, 9.17) is 14.6 Å². The summed E-state index contributed by atoms with van der Waals surface area (Å²) in [6.07, 6.45) is 4.17. The van der Waals surface area contributed by atoms with Gasteiger partial charge in [-0.05, 0) is 26.7 Å². The van der Waals surface area contributed by atoms with Gasteiger partial charge < -0.3 is 14.6 Å². The summed E-state index contributed by atoms with van der Waals surface area (Å²) in [6, 6.07) is 0. The maximum atomic E-state index is 10.9. The molecule has 1 N–H and O–H groups in total. The number of aliphatic hydroxyl groups is 1. The zero-order chi connectivity index (χ0) is 21.7. The van der Waals surface area contributed by atoms with Crippen LogP contribution in [0, 0.1) is 23.7 Å². The number of hydrogen-bond donors (Lipinski definition) is 1. The van der Waals surface area contributed by atoms with Gasteiger partial charge in [0, 0.05) is 25.7 Å². The Labute approximate surface area is 168 Å². The molecule has 0 aliphatic heterocycles. The molecule has 0 amide bonds. The Morgan fingerprint density at radius 3 is 1.71 bits per heavy atom. The number of aliphatic hydroxyl groups excluding tert-OH is 1. The topological polar surface area (TPSA) is 116 Å². The molecule has 0 spiro atoms. The number of ether oxygens (including phenoxy) is 2.